The summed E-state index contributed by atoms with van der Waals surface area (Å²) in [7, 11) is -0.833. The molecule has 0 aliphatic carbocycles. The Bertz CT molecular complexity index is 13.5. The molecule has 0 bridgehead atoms. The van der Waals surface area contributed by atoms with Crippen LogP contribution in [0.1, 0.15) is 0 Å². The normalized spacial score (nSPS) is 5.25. The molecule has 0 saturated carbocycles. The number of rotatable bonds is 0. The molecule has 0 aromatic carbocycles. The van der Waals surface area contributed by atoms with E-state index in [1.807, 2.05) is 0 Å². The first kappa shape index (κ1) is 9.11. The second-order valence-corrected chi connectivity index (χ2v) is 0.245. The summed E-state index contributed by atoms with van der Waals surface area (Å²) < 4.78 is 8.46. The van der Waals surface area contributed by atoms with Crippen LogP contribution in [0.2, 0.25) is 0 Å². The Kier molecular flexibility index (Phi) is 20.1. The Morgan fingerprint density at radius 2 is 1.75 bits per heavy atom. The molecule has 0 aliphatic heterocycles. The molecule has 0 aromatic rings. The fourth-order valence-corrected chi connectivity index (χ4v) is 0. The van der Waals surface area contributed by atoms with E-state index in [1.54, 1.807) is 0 Å². The van der Waals surface area contributed by atoms with Crippen LogP contribution in [0, 0.1) is 0 Å². The SMILES string of the molecule is O=PO.[SrH2]. The summed E-state index contributed by atoms with van der Waals surface area (Å²) in [6.07, 6.45) is 0. The van der Waals surface area contributed by atoms with Gasteiger partial charge in [0.15, 0.2) is 0 Å². The molecule has 0 aliphatic rings. The number of hydrogen-bond donors (Lipinski definition) is 1. The van der Waals surface area contributed by atoms with Gasteiger partial charge in [-0.05, 0) is 0 Å². The average molecular weight is 154 g/mol. The van der Waals surface area contributed by atoms with Gasteiger partial charge in [0, 0.05) is 0 Å². The van der Waals surface area contributed by atoms with Crippen molar-refractivity contribution < 1.29 is 9.46 Å². The van der Waals surface area contributed by atoms with Crippen molar-refractivity contribution in [3.8, 4) is 0 Å². The van der Waals surface area contributed by atoms with Crippen molar-refractivity contribution in [2.45, 2.75) is 0 Å². The van der Waals surface area contributed by atoms with Crippen LogP contribution in [0.3, 0.4) is 0 Å². The predicted molar refractivity (Wildman–Crippen MR) is 18.4 cm³/mol. The van der Waals surface area contributed by atoms with Crippen LogP contribution >= 0.6 is 8.69 Å². The van der Waals surface area contributed by atoms with Gasteiger partial charge >= 0.3 is 54.2 Å². The Balaban J connectivity index is 0. The first-order chi connectivity index (χ1) is 1.41. The van der Waals surface area contributed by atoms with E-state index in [4.69, 9.17) is 9.46 Å². The third-order valence-corrected chi connectivity index (χ3v) is 0. The molecular formula is H3O2PSr. The van der Waals surface area contributed by atoms with Crippen molar-refractivity contribution in [2.75, 3.05) is 0 Å². The minimum atomic E-state index is -0.833. The van der Waals surface area contributed by atoms with Crippen molar-refractivity contribution in [3.05, 3.63) is 0 Å². The van der Waals surface area contributed by atoms with Gasteiger partial charge in [-0.3, -0.25) is 0 Å². The third-order valence-electron chi connectivity index (χ3n) is 0. The summed E-state index contributed by atoms with van der Waals surface area (Å²) in [4.78, 5) is 6.99. The van der Waals surface area contributed by atoms with Gasteiger partial charge in [-0.1, -0.05) is 0 Å². The standard InChI is InChI=1S/HO2P.Sr.2H/c1-3-2;;;/h(H,1,2);;;. The molecule has 0 amide bonds. The van der Waals surface area contributed by atoms with Crippen LogP contribution in [0.15, 0.2) is 0 Å². The summed E-state index contributed by atoms with van der Waals surface area (Å²) in [6.45, 7) is 0. The maximum absolute atomic E-state index is 8.46. The molecule has 0 spiro atoms. The van der Waals surface area contributed by atoms with Crippen LogP contribution < -0.4 is 0 Å². The minimum absolute atomic E-state index is 0. The van der Waals surface area contributed by atoms with Crippen molar-refractivity contribution in [3.63, 3.8) is 0 Å². The molecule has 1 N–H and O–H groups in total. The summed E-state index contributed by atoms with van der Waals surface area (Å²) >= 11 is 0. The van der Waals surface area contributed by atoms with Gasteiger partial charge in [0.1, 0.15) is 0 Å². The Morgan fingerprint density at radius 1 is 1.75 bits per heavy atom. The van der Waals surface area contributed by atoms with Crippen LogP contribution in [0.5, 0.6) is 0 Å². The first-order valence-corrected chi connectivity index (χ1v) is 1.15. The molecular weight excluding hydrogens is 151 g/mol. The molecule has 0 atom stereocenters. The summed E-state index contributed by atoms with van der Waals surface area (Å²) in [5.41, 5.74) is 0. The molecule has 0 saturated heterocycles. The van der Waals surface area contributed by atoms with Gasteiger partial charge in [-0.2, -0.15) is 0 Å². The van der Waals surface area contributed by atoms with E-state index in [2.05, 4.69) is 0 Å². The van der Waals surface area contributed by atoms with Crippen LogP contribution in [-0.2, 0) is 4.57 Å². The van der Waals surface area contributed by atoms with E-state index < -0.39 is 8.69 Å². The van der Waals surface area contributed by atoms with E-state index in [0.717, 1.165) is 0 Å². The van der Waals surface area contributed by atoms with E-state index >= 15 is 0 Å². The van der Waals surface area contributed by atoms with Gasteiger partial charge in [0.05, 0.1) is 0 Å². The van der Waals surface area contributed by atoms with E-state index in [-0.39, 0.29) is 45.5 Å². The van der Waals surface area contributed by atoms with Gasteiger partial charge in [-0.15, -0.1) is 0 Å². The molecule has 0 heterocycles. The average Bonchev–Trinajstić information content (AvgIpc) is 0.918. The first-order valence-electron chi connectivity index (χ1n) is 0.383. The quantitative estimate of drug-likeness (QED) is 0.368. The molecule has 2 nitrogen and oxygen atoms in total. The zero-order valence-electron chi connectivity index (χ0n) is 1.30. The fourth-order valence-electron chi connectivity index (χ4n) is 0. The van der Waals surface area contributed by atoms with Crippen LogP contribution in [0.25, 0.3) is 0 Å². The molecule has 4 heavy (non-hydrogen) atoms. The van der Waals surface area contributed by atoms with E-state index in [9.17, 15) is 0 Å². The number of hydrogen-bond acceptors (Lipinski definition) is 1. The molecule has 0 unspecified atom stereocenters. The second-order valence-electron chi connectivity index (χ2n) is 0.0816. The van der Waals surface area contributed by atoms with E-state index in [1.165, 1.54) is 0 Å². The Labute approximate surface area is 62.8 Å². The van der Waals surface area contributed by atoms with Crippen molar-refractivity contribution in [2.24, 2.45) is 0 Å². The summed E-state index contributed by atoms with van der Waals surface area (Å²) in [6, 6.07) is 0. The third kappa shape index (κ3) is 9.63. The molecule has 0 aromatic heterocycles. The van der Waals surface area contributed by atoms with Gasteiger partial charge < -0.3 is 4.89 Å². The van der Waals surface area contributed by atoms with Gasteiger partial charge in [-0.25, -0.2) is 4.57 Å². The molecule has 4 heteroatoms. The fraction of sp³-hybridized carbons (Fsp3) is 0. The Morgan fingerprint density at radius 3 is 1.75 bits per heavy atom. The zero-order chi connectivity index (χ0) is 2.71. The monoisotopic (exact) mass is 154 g/mol. The Hall–Kier alpha value is 1.54. The van der Waals surface area contributed by atoms with E-state index in [0.29, 0.717) is 0 Å². The van der Waals surface area contributed by atoms with Crippen molar-refractivity contribution >= 4 is 54.2 Å². The second kappa shape index (κ2) is 8.82. The topological polar surface area (TPSA) is 37.3 Å². The molecule has 0 fully saturated rings. The molecule has 0 radical (unpaired) electrons. The van der Waals surface area contributed by atoms with Crippen molar-refractivity contribution in [1.82, 2.24) is 0 Å². The molecule has 22 valence electrons. The van der Waals surface area contributed by atoms with Gasteiger partial charge in [0.2, 0.25) is 0 Å². The summed E-state index contributed by atoms with van der Waals surface area (Å²) in [5, 5.41) is 0. The zero-order valence-corrected chi connectivity index (χ0v) is 2.20. The predicted octanol–water partition coefficient (Wildman–Crippen LogP) is -0.731. The van der Waals surface area contributed by atoms with Gasteiger partial charge in [0.25, 0.3) is 0 Å². The van der Waals surface area contributed by atoms with Crippen LogP contribution in [-0.4, -0.2) is 50.4 Å². The van der Waals surface area contributed by atoms with Crippen LogP contribution in [0.4, 0.5) is 0 Å². The summed E-state index contributed by atoms with van der Waals surface area (Å²) in [5.74, 6) is 0. The molecule has 0 rings (SSSR count). The maximum atomic E-state index is 8.46. The van der Waals surface area contributed by atoms with Crippen molar-refractivity contribution in [1.29, 1.82) is 0 Å².